The number of rotatable bonds is 7. The molecule has 5 nitrogen and oxygen atoms in total. The molecule has 110 valence electrons. The van der Waals surface area contributed by atoms with Crippen molar-refractivity contribution in [1.29, 1.82) is 0 Å². The Labute approximate surface area is 115 Å². The van der Waals surface area contributed by atoms with Crippen LogP contribution in [0.4, 0.5) is 0 Å². The third-order valence-corrected chi connectivity index (χ3v) is 4.02. The van der Waals surface area contributed by atoms with Crippen molar-refractivity contribution in [1.82, 2.24) is 15.1 Å². The number of aliphatic hydroxyl groups excluding tert-OH is 1. The topological polar surface area (TPSA) is 55.8 Å². The first-order valence-electron chi connectivity index (χ1n) is 7.58. The van der Waals surface area contributed by atoms with Crippen LogP contribution in [-0.4, -0.2) is 72.7 Å². The van der Waals surface area contributed by atoms with Gasteiger partial charge in [-0.2, -0.15) is 0 Å². The molecule has 2 N–H and O–H groups in total. The number of hydrogen-bond acceptors (Lipinski definition) is 4. The van der Waals surface area contributed by atoms with Crippen LogP contribution in [0.2, 0.25) is 0 Å². The maximum atomic E-state index is 11.6. The van der Waals surface area contributed by atoms with Crippen molar-refractivity contribution >= 4 is 5.91 Å². The molecule has 19 heavy (non-hydrogen) atoms. The fraction of sp³-hybridized carbons (Fsp3) is 0.929. The van der Waals surface area contributed by atoms with E-state index >= 15 is 0 Å². The van der Waals surface area contributed by atoms with Crippen LogP contribution in [0.1, 0.15) is 26.2 Å². The minimum Gasteiger partial charge on any atom is -0.392 e. The van der Waals surface area contributed by atoms with Gasteiger partial charge in [-0.25, -0.2) is 0 Å². The second-order valence-corrected chi connectivity index (χ2v) is 5.83. The fourth-order valence-corrected chi connectivity index (χ4v) is 2.55. The van der Waals surface area contributed by atoms with Crippen molar-refractivity contribution in [3.05, 3.63) is 0 Å². The van der Waals surface area contributed by atoms with Crippen LogP contribution in [0.15, 0.2) is 0 Å². The largest absolute Gasteiger partial charge is 0.392 e. The van der Waals surface area contributed by atoms with Gasteiger partial charge in [-0.05, 0) is 25.2 Å². The van der Waals surface area contributed by atoms with Gasteiger partial charge in [-0.1, -0.05) is 6.92 Å². The number of carbonyl (C=O) groups is 1. The number of β-amino-alcohol motifs (C(OH)–C–C–N with tert-alkyl or cyclic N) is 1. The smallest absolute Gasteiger partial charge is 0.234 e. The van der Waals surface area contributed by atoms with Crippen LogP contribution >= 0.6 is 0 Å². The molecule has 1 unspecified atom stereocenters. The Hall–Kier alpha value is -0.650. The molecule has 1 saturated heterocycles. The molecule has 1 aliphatic heterocycles. The maximum absolute atomic E-state index is 11.6. The van der Waals surface area contributed by atoms with Crippen LogP contribution in [-0.2, 0) is 4.79 Å². The van der Waals surface area contributed by atoms with Gasteiger partial charge >= 0.3 is 0 Å². The van der Waals surface area contributed by atoms with E-state index in [-0.39, 0.29) is 12.0 Å². The van der Waals surface area contributed by atoms with Crippen LogP contribution in [0.5, 0.6) is 0 Å². The molecule has 0 spiro atoms. The van der Waals surface area contributed by atoms with E-state index in [0.29, 0.717) is 12.5 Å². The van der Waals surface area contributed by atoms with Crippen LogP contribution < -0.4 is 5.32 Å². The van der Waals surface area contributed by atoms with Gasteiger partial charge in [-0.3, -0.25) is 14.6 Å². The van der Waals surface area contributed by atoms with Gasteiger partial charge in [0.05, 0.1) is 12.6 Å². The lowest BCUT2D eigenvalue weighted by Gasteiger charge is -2.35. The summed E-state index contributed by atoms with van der Waals surface area (Å²) in [7, 11) is 0. The lowest BCUT2D eigenvalue weighted by atomic mass is 10.2. The highest BCUT2D eigenvalue weighted by Crippen LogP contribution is 2.32. The van der Waals surface area contributed by atoms with E-state index in [1.165, 1.54) is 12.8 Å². The Balaban J connectivity index is 1.60. The normalized spacial score (nSPS) is 23.3. The molecule has 0 aromatic rings. The average molecular weight is 269 g/mol. The Morgan fingerprint density at radius 3 is 2.47 bits per heavy atom. The molecule has 0 bridgehead atoms. The molecular formula is C14H27N3O2. The predicted octanol–water partition coefficient (Wildman–Crippen LogP) is -0.0989. The van der Waals surface area contributed by atoms with Gasteiger partial charge in [0.1, 0.15) is 0 Å². The van der Waals surface area contributed by atoms with E-state index in [1.54, 1.807) is 0 Å². The number of nitrogens with zero attached hydrogens (tertiary/aromatic N) is 2. The first kappa shape index (κ1) is 14.8. The van der Waals surface area contributed by atoms with Crippen LogP contribution in [0.3, 0.4) is 0 Å². The van der Waals surface area contributed by atoms with Crippen molar-refractivity contribution in [2.24, 2.45) is 5.92 Å². The van der Waals surface area contributed by atoms with Gasteiger partial charge in [-0.15, -0.1) is 0 Å². The summed E-state index contributed by atoms with van der Waals surface area (Å²) >= 11 is 0. The van der Waals surface area contributed by atoms with Crippen molar-refractivity contribution in [2.45, 2.75) is 32.3 Å². The molecule has 2 rings (SSSR count). The number of nitrogens with one attached hydrogen (secondary N) is 1. The summed E-state index contributed by atoms with van der Waals surface area (Å²) < 4.78 is 0. The van der Waals surface area contributed by atoms with Crippen LogP contribution in [0.25, 0.3) is 0 Å². The second-order valence-electron chi connectivity index (χ2n) is 5.83. The summed E-state index contributed by atoms with van der Waals surface area (Å²) in [5.41, 5.74) is 0. The molecule has 0 aromatic carbocycles. The molecule has 2 aliphatic rings. The summed E-state index contributed by atoms with van der Waals surface area (Å²) in [6, 6.07) is 0. The van der Waals surface area contributed by atoms with E-state index in [9.17, 15) is 9.90 Å². The molecule has 1 atom stereocenters. The van der Waals surface area contributed by atoms with E-state index in [1.807, 2.05) is 0 Å². The minimum absolute atomic E-state index is 0.133. The van der Waals surface area contributed by atoms with Gasteiger partial charge in [0.2, 0.25) is 5.91 Å². The van der Waals surface area contributed by atoms with Crippen molar-refractivity contribution < 1.29 is 9.90 Å². The van der Waals surface area contributed by atoms with Gasteiger partial charge in [0, 0.05) is 39.3 Å². The highest BCUT2D eigenvalue weighted by atomic mass is 16.3. The highest BCUT2D eigenvalue weighted by Gasteiger charge is 2.31. The monoisotopic (exact) mass is 269 g/mol. The minimum atomic E-state index is -0.139. The number of aliphatic hydroxyl groups is 1. The maximum Gasteiger partial charge on any atom is 0.234 e. The number of carbonyl (C=O) groups excluding carboxylic acids is 1. The lowest BCUT2D eigenvalue weighted by molar-refractivity contribution is -0.122. The second kappa shape index (κ2) is 7.22. The molecule has 1 amide bonds. The van der Waals surface area contributed by atoms with Crippen LogP contribution in [0, 0.1) is 5.92 Å². The Morgan fingerprint density at radius 1 is 1.26 bits per heavy atom. The Kier molecular flexibility index (Phi) is 5.60. The van der Waals surface area contributed by atoms with E-state index in [2.05, 4.69) is 22.0 Å². The molecular weight excluding hydrogens is 242 g/mol. The third-order valence-electron chi connectivity index (χ3n) is 4.02. The van der Waals surface area contributed by atoms with Crippen molar-refractivity contribution in [2.75, 3.05) is 45.8 Å². The summed E-state index contributed by atoms with van der Waals surface area (Å²) in [5.74, 6) is 0.686. The molecule has 1 heterocycles. The highest BCUT2D eigenvalue weighted by molar-refractivity contribution is 5.77. The first-order valence-corrected chi connectivity index (χ1v) is 7.58. The summed E-state index contributed by atoms with van der Waals surface area (Å²) in [5, 5.41) is 12.8. The molecule has 5 heteroatoms. The summed E-state index contributed by atoms with van der Waals surface area (Å²) in [6.07, 6.45) is 3.23. The molecule has 0 radical (unpaired) electrons. The Bertz CT molecular complexity index is 286. The zero-order valence-corrected chi connectivity index (χ0v) is 12.0. The molecule has 2 fully saturated rings. The SMILES string of the molecule is CCCNC(=O)CN1CCN(CC(O)C2CC2)CC1. The average Bonchev–Trinajstić information content (AvgIpc) is 3.23. The number of piperazine rings is 1. The zero-order chi connectivity index (χ0) is 13.7. The quantitative estimate of drug-likeness (QED) is 0.678. The van der Waals surface area contributed by atoms with Gasteiger partial charge in [0.15, 0.2) is 0 Å². The molecule has 1 aliphatic carbocycles. The standard InChI is InChI=1S/C14H27N3O2/c1-2-5-15-14(19)11-17-8-6-16(7-9-17)10-13(18)12-3-4-12/h12-13,18H,2-11H2,1H3,(H,15,19). The molecule has 0 aromatic heterocycles. The van der Waals surface area contributed by atoms with E-state index in [4.69, 9.17) is 0 Å². The Morgan fingerprint density at radius 2 is 1.89 bits per heavy atom. The van der Waals surface area contributed by atoms with Crippen molar-refractivity contribution in [3.63, 3.8) is 0 Å². The zero-order valence-electron chi connectivity index (χ0n) is 12.0. The van der Waals surface area contributed by atoms with Crippen molar-refractivity contribution in [3.8, 4) is 0 Å². The third kappa shape index (κ3) is 5.09. The summed E-state index contributed by atoms with van der Waals surface area (Å²) in [6.45, 7) is 7.93. The number of hydrogen-bond donors (Lipinski definition) is 2. The lowest BCUT2D eigenvalue weighted by Crippen LogP contribution is -2.51. The fourth-order valence-electron chi connectivity index (χ4n) is 2.55. The first-order chi connectivity index (χ1) is 9.19. The van der Waals surface area contributed by atoms with Gasteiger partial charge in [0.25, 0.3) is 0 Å². The number of amides is 1. The molecule has 1 saturated carbocycles. The van der Waals surface area contributed by atoms with E-state index < -0.39 is 0 Å². The van der Waals surface area contributed by atoms with Gasteiger partial charge < -0.3 is 10.4 Å². The predicted molar refractivity (Wildman–Crippen MR) is 74.9 cm³/mol. The summed E-state index contributed by atoms with van der Waals surface area (Å²) in [4.78, 5) is 16.1. The van der Waals surface area contributed by atoms with E-state index in [0.717, 1.165) is 45.7 Å².